The Balaban J connectivity index is 1.73. The minimum atomic E-state index is -0.878. The van der Waals surface area contributed by atoms with Gasteiger partial charge in [-0.1, -0.05) is 55.5 Å². The van der Waals surface area contributed by atoms with Crippen LogP contribution < -0.4 is 4.74 Å². The molecule has 3 rings (SSSR count). The second-order valence-electron chi connectivity index (χ2n) is 7.01. The lowest BCUT2D eigenvalue weighted by Gasteiger charge is -2.15. The van der Waals surface area contributed by atoms with E-state index < -0.39 is 5.97 Å². The highest BCUT2D eigenvalue weighted by molar-refractivity contribution is 6.01. The van der Waals surface area contributed by atoms with Crippen molar-refractivity contribution < 1.29 is 14.6 Å². The van der Waals surface area contributed by atoms with Crippen LogP contribution in [0.15, 0.2) is 78.9 Å². The molecule has 0 saturated heterocycles. The maximum atomic E-state index is 11.0. The smallest absolute Gasteiger partial charge is 0.304 e. The van der Waals surface area contributed by atoms with Gasteiger partial charge in [0.2, 0.25) is 0 Å². The highest BCUT2D eigenvalue weighted by atomic mass is 16.5. The largest absolute Gasteiger partial charge is 0.481 e. The number of carboxylic acids is 1. The van der Waals surface area contributed by atoms with E-state index in [-0.39, 0.29) is 12.3 Å². The van der Waals surface area contributed by atoms with Gasteiger partial charge in [-0.2, -0.15) is 0 Å². The highest BCUT2D eigenvalue weighted by Gasteiger charge is 2.18. The number of hydrogen-bond donors (Lipinski definition) is 2. The summed E-state index contributed by atoms with van der Waals surface area (Å²) in [6.07, 6.45) is 1.38. The molecule has 0 aliphatic carbocycles. The van der Waals surface area contributed by atoms with Gasteiger partial charge in [0.15, 0.2) is 0 Å². The van der Waals surface area contributed by atoms with Crippen molar-refractivity contribution in [3.05, 3.63) is 95.6 Å². The normalized spacial score (nSPS) is 11.6. The van der Waals surface area contributed by atoms with Gasteiger partial charge in [-0.15, -0.1) is 0 Å². The zero-order chi connectivity index (χ0) is 20.6. The third-order valence-electron chi connectivity index (χ3n) is 4.93. The number of rotatable bonds is 9. The number of ether oxygens (including phenoxy) is 1. The van der Waals surface area contributed by atoms with E-state index in [0.29, 0.717) is 17.9 Å². The van der Waals surface area contributed by atoms with E-state index in [1.54, 1.807) is 0 Å². The molecule has 0 heterocycles. The van der Waals surface area contributed by atoms with Gasteiger partial charge in [0.1, 0.15) is 11.5 Å². The molecule has 148 valence electrons. The van der Waals surface area contributed by atoms with Gasteiger partial charge in [0, 0.05) is 18.1 Å². The number of carboxylic acid groups (broad SMARTS) is 1. The van der Waals surface area contributed by atoms with Crippen LogP contribution in [0.3, 0.4) is 0 Å². The Morgan fingerprint density at radius 1 is 0.966 bits per heavy atom. The molecule has 0 aliphatic rings. The highest BCUT2D eigenvalue weighted by Crippen LogP contribution is 2.28. The fourth-order valence-electron chi connectivity index (χ4n) is 3.29. The van der Waals surface area contributed by atoms with Crippen LogP contribution in [0, 0.1) is 11.3 Å². The Morgan fingerprint density at radius 3 is 2.28 bits per heavy atom. The minimum Gasteiger partial charge on any atom is -0.481 e. The Labute approximate surface area is 171 Å². The maximum Gasteiger partial charge on any atom is 0.304 e. The summed E-state index contributed by atoms with van der Waals surface area (Å²) < 4.78 is 6.10. The fourth-order valence-corrected chi connectivity index (χ4v) is 3.29. The first-order valence-electron chi connectivity index (χ1n) is 9.77. The van der Waals surface area contributed by atoms with E-state index in [0.717, 1.165) is 23.3 Å². The van der Waals surface area contributed by atoms with Crippen LogP contribution in [0.4, 0.5) is 0 Å². The van der Waals surface area contributed by atoms with E-state index >= 15 is 0 Å². The van der Waals surface area contributed by atoms with Crippen molar-refractivity contribution in [3.63, 3.8) is 0 Å². The summed E-state index contributed by atoms with van der Waals surface area (Å²) >= 11 is 0. The molecule has 3 aromatic carbocycles. The number of aliphatic carboxylic acids is 1. The molecule has 0 fully saturated rings. The number of benzene rings is 3. The molecule has 0 bridgehead atoms. The van der Waals surface area contributed by atoms with E-state index in [9.17, 15) is 4.79 Å². The number of carbonyl (C=O) groups is 1. The zero-order valence-electron chi connectivity index (χ0n) is 16.5. The average Bonchev–Trinajstić information content (AvgIpc) is 2.74. The summed E-state index contributed by atoms with van der Waals surface area (Å²) in [5, 5.41) is 17.4. The molecular formula is C25H25NO3. The first-order valence-corrected chi connectivity index (χ1v) is 9.77. The lowest BCUT2D eigenvalue weighted by Crippen LogP contribution is -2.17. The number of para-hydroxylation sites is 1. The van der Waals surface area contributed by atoms with E-state index in [4.69, 9.17) is 15.3 Å². The molecule has 4 nitrogen and oxygen atoms in total. The summed E-state index contributed by atoms with van der Waals surface area (Å²) in [6, 6.07) is 25.5. The van der Waals surface area contributed by atoms with Crippen LogP contribution >= 0.6 is 0 Å². The fraction of sp³-hybridized carbons (Fsp3) is 0.200. The van der Waals surface area contributed by atoms with Gasteiger partial charge in [0.25, 0.3) is 0 Å². The molecule has 4 heteroatoms. The zero-order valence-corrected chi connectivity index (χ0v) is 16.5. The molecule has 2 N–H and O–H groups in total. The topological polar surface area (TPSA) is 70.4 Å². The van der Waals surface area contributed by atoms with Crippen LogP contribution in [0.5, 0.6) is 11.5 Å². The Kier molecular flexibility index (Phi) is 6.80. The third kappa shape index (κ3) is 5.55. The van der Waals surface area contributed by atoms with Gasteiger partial charge in [-0.05, 0) is 53.4 Å². The molecule has 0 radical (unpaired) electrons. The molecule has 3 aromatic rings. The molecule has 0 saturated carbocycles. The minimum absolute atomic E-state index is 0.0273. The van der Waals surface area contributed by atoms with Crippen molar-refractivity contribution in [1.82, 2.24) is 0 Å². The summed E-state index contributed by atoms with van der Waals surface area (Å²) in [4.78, 5) is 11.0. The van der Waals surface area contributed by atoms with Crippen molar-refractivity contribution in [2.24, 2.45) is 5.92 Å². The van der Waals surface area contributed by atoms with Gasteiger partial charge in [-0.25, -0.2) is 0 Å². The van der Waals surface area contributed by atoms with E-state index in [1.165, 1.54) is 5.56 Å². The molecule has 0 spiro atoms. The monoisotopic (exact) mass is 387 g/mol. The van der Waals surface area contributed by atoms with E-state index in [1.807, 2.05) is 67.6 Å². The standard InChI is InChI=1S/C25H25NO3/c1-2-19(17-24(27)28)25(26)20-12-14-22(15-13-20)29-23-11-7-6-10-21(23)16-18-8-4-3-5-9-18/h3-15,19,26H,2,16-17H2,1H3,(H,27,28)/t19-/m0/s1. The van der Waals surface area contributed by atoms with Crippen LogP contribution in [0.1, 0.15) is 36.5 Å². The molecule has 1 atom stereocenters. The third-order valence-corrected chi connectivity index (χ3v) is 4.93. The van der Waals surface area contributed by atoms with Crippen molar-refractivity contribution in [1.29, 1.82) is 5.41 Å². The average molecular weight is 387 g/mol. The summed E-state index contributed by atoms with van der Waals surface area (Å²) in [7, 11) is 0. The predicted molar refractivity (Wildman–Crippen MR) is 115 cm³/mol. The lowest BCUT2D eigenvalue weighted by atomic mass is 9.91. The molecule has 0 aliphatic heterocycles. The van der Waals surface area contributed by atoms with Gasteiger partial charge in [-0.3, -0.25) is 4.79 Å². The van der Waals surface area contributed by atoms with Crippen LogP contribution in [0.2, 0.25) is 0 Å². The predicted octanol–water partition coefficient (Wildman–Crippen LogP) is 5.94. The van der Waals surface area contributed by atoms with Crippen LogP contribution in [-0.2, 0) is 11.2 Å². The second-order valence-corrected chi connectivity index (χ2v) is 7.01. The van der Waals surface area contributed by atoms with Crippen molar-refractivity contribution >= 4 is 11.7 Å². The Hall–Kier alpha value is -3.40. The van der Waals surface area contributed by atoms with Gasteiger partial charge in [0.05, 0.1) is 6.42 Å². The van der Waals surface area contributed by atoms with Crippen molar-refractivity contribution in [3.8, 4) is 11.5 Å². The molecule has 0 amide bonds. The van der Waals surface area contributed by atoms with Crippen molar-refractivity contribution in [2.75, 3.05) is 0 Å². The Bertz CT molecular complexity index is 965. The van der Waals surface area contributed by atoms with Gasteiger partial charge >= 0.3 is 5.97 Å². The quantitative estimate of drug-likeness (QED) is 0.447. The SMILES string of the molecule is CC[C@@H](CC(=O)O)C(=N)c1ccc(Oc2ccccc2Cc2ccccc2)cc1. The lowest BCUT2D eigenvalue weighted by molar-refractivity contribution is -0.137. The van der Waals surface area contributed by atoms with Crippen LogP contribution in [-0.4, -0.2) is 16.8 Å². The molecule has 0 aromatic heterocycles. The second kappa shape index (κ2) is 9.69. The number of hydrogen-bond acceptors (Lipinski definition) is 3. The molecular weight excluding hydrogens is 362 g/mol. The first-order chi connectivity index (χ1) is 14.1. The van der Waals surface area contributed by atoms with Crippen LogP contribution in [0.25, 0.3) is 0 Å². The number of nitrogens with one attached hydrogen (secondary N) is 1. The summed E-state index contributed by atoms with van der Waals surface area (Å²) in [5.41, 5.74) is 3.40. The van der Waals surface area contributed by atoms with E-state index in [2.05, 4.69) is 18.2 Å². The summed E-state index contributed by atoms with van der Waals surface area (Å²) in [6.45, 7) is 1.91. The summed E-state index contributed by atoms with van der Waals surface area (Å²) in [5.74, 6) is 0.326. The first kappa shape index (κ1) is 20.3. The van der Waals surface area contributed by atoms with Crippen molar-refractivity contribution in [2.45, 2.75) is 26.2 Å². The Morgan fingerprint density at radius 2 is 1.62 bits per heavy atom. The molecule has 29 heavy (non-hydrogen) atoms. The maximum absolute atomic E-state index is 11.0. The van der Waals surface area contributed by atoms with Gasteiger partial charge < -0.3 is 15.3 Å². The molecule has 0 unspecified atom stereocenters.